The molecule has 3 nitrogen and oxygen atoms in total. The van der Waals surface area contributed by atoms with E-state index in [9.17, 15) is 0 Å². The Morgan fingerprint density at radius 1 is 1.41 bits per heavy atom. The average Bonchev–Trinajstić information content (AvgIpc) is 2.74. The van der Waals surface area contributed by atoms with Gasteiger partial charge in [0.1, 0.15) is 0 Å². The van der Waals surface area contributed by atoms with Gasteiger partial charge in [-0.3, -0.25) is 4.99 Å². The quantitative estimate of drug-likeness (QED) is 0.419. The first-order chi connectivity index (χ1) is 8.16. The molecule has 1 rings (SSSR count). The lowest BCUT2D eigenvalue weighted by atomic mass is 10.1. The summed E-state index contributed by atoms with van der Waals surface area (Å²) in [6, 6.07) is 0. The number of hydrogen-bond donors (Lipinski definition) is 2. The smallest absolute Gasteiger partial charge is 0.188 e. The first-order valence-electron chi connectivity index (χ1n) is 6.84. The van der Waals surface area contributed by atoms with Crippen LogP contribution in [-0.2, 0) is 0 Å². The third kappa shape index (κ3) is 6.20. The van der Waals surface area contributed by atoms with E-state index in [-0.39, 0.29) is 0 Å². The van der Waals surface area contributed by atoms with E-state index in [1.165, 1.54) is 44.3 Å². The fraction of sp³-hybridized carbons (Fsp3) is 0.923. The van der Waals surface area contributed by atoms with Crippen LogP contribution in [0.1, 0.15) is 52.4 Å². The third-order valence-corrected chi connectivity index (χ3v) is 4.74. The molecule has 0 aromatic rings. The van der Waals surface area contributed by atoms with E-state index in [1.807, 2.05) is 11.8 Å². The molecule has 1 aliphatic rings. The highest BCUT2D eigenvalue weighted by Crippen LogP contribution is 2.37. The second-order valence-electron chi connectivity index (χ2n) is 5.09. The third-order valence-electron chi connectivity index (χ3n) is 3.22. The highest BCUT2D eigenvalue weighted by Gasteiger charge is 2.28. The van der Waals surface area contributed by atoms with E-state index < -0.39 is 0 Å². The number of nitrogens with one attached hydrogen (secondary N) is 1. The predicted octanol–water partition coefficient (Wildman–Crippen LogP) is 2.76. The van der Waals surface area contributed by atoms with Gasteiger partial charge in [-0.1, -0.05) is 26.2 Å². The molecule has 0 radical (unpaired) electrons. The van der Waals surface area contributed by atoms with Gasteiger partial charge in [0.05, 0.1) is 6.54 Å². The molecule has 1 atom stereocenters. The Labute approximate surface area is 110 Å². The standard InChI is InChI=1S/C13H27N3S/c1-3-4-5-6-9-15-12(14)16-11-13(2)8-7-10-17-13/h3-11H2,1-2H3,(H3,14,15,16). The summed E-state index contributed by atoms with van der Waals surface area (Å²) in [5.74, 6) is 1.89. The number of thioether (sulfide) groups is 1. The molecule has 0 aliphatic carbocycles. The van der Waals surface area contributed by atoms with Crippen molar-refractivity contribution in [3.05, 3.63) is 0 Å². The van der Waals surface area contributed by atoms with Crippen LogP contribution in [0.15, 0.2) is 4.99 Å². The summed E-state index contributed by atoms with van der Waals surface area (Å²) in [5, 5.41) is 3.20. The maximum atomic E-state index is 5.86. The fourth-order valence-electron chi connectivity index (χ4n) is 2.04. The topological polar surface area (TPSA) is 50.4 Å². The zero-order chi connectivity index (χ0) is 12.6. The molecule has 0 saturated carbocycles. The van der Waals surface area contributed by atoms with E-state index in [0.29, 0.717) is 10.7 Å². The van der Waals surface area contributed by atoms with Crippen molar-refractivity contribution in [2.24, 2.45) is 10.7 Å². The molecule has 0 bridgehead atoms. The molecule has 1 heterocycles. The molecule has 100 valence electrons. The minimum atomic E-state index is 0.328. The van der Waals surface area contributed by atoms with Crippen molar-refractivity contribution in [3.8, 4) is 0 Å². The Hall–Kier alpha value is -0.380. The number of hydrogen-bond acceptors (Lipinski definition) is 2. The molecule has 1 fully saturated rings. The Balaban J connectivity index is 2.11. The van der Waals surface area contributed by atoms with E-state index in [1.54, 1.807) is 0 Å². The van der Waals surface area contributed by atoms with Crippen molar-refractivity contribution in [1.82, 2.24) is 5.32 Å². The highest BCUT2D eigenvalue weighted by molar-refractivity contribution is 8.00. The summed E-state index contributed by atoms with van der Waals surface area (Å²) in [4.78, 5) is 4.46. The SMILES string of the molecule is CCCCCCNC(N)=NCC1(C)CCCS1. The Kier molecular flexibility index (Phi) is 6.78. The van der Waals surface area contributed by atoms with Crippen molar-refractivity contribution in [2.75, 3.05) is 18.8 Å². The molecule has 0 aromatic heterocycles. The Morgan fingerprint density at radius 2 is 2.24 bits per heavy atom. The first kappa shape index (κ1) is 14.7. The van der Waals surface area contributed by atoms with Crippen LogP contribution < -0.4 is 11.1 Å². The maximum absolute atomic E-state index is 5.86. The zero-order valence-electron chi connectivity index (χ0n) is 11.3. The van der Waals surface area contributed by atoms with Gasteiger partial charge in [0.25, 0.3) is 0 Å². The average molecular weight is 257 g/mol. The number of rotatable bonds is 7. The van der Waals surface area contributed by atoms with Crippen LogP contribution in [0.4, 0.5) is 0 Å². The van der Waals surface area contributed by atoms with Gasteiger partial charge in [0.2, 0.25) is 0 Å². The molecule has 4 heteroatoms. The highest BCUT2D eigenvalue weighted by atomic mass is 32.2. The van der Waals surface area contributed by atoms with Crippen molar-refractivity contribution < 1.29 is 0 Å². The van der Waals surface area contributed by atoms with Gasteiger partial charge in [-0.15, -0.1) is 0 Å². The van der Waals surface area contributed by atoms with Gasteiger partial charge in [-0.05, 0) is 31.9 Å². The second kappa shape index (κ2) is 7.85. The molecule has 17 heavy (non-hydrogen) atoms. The fourth-order valence-corrected chi connectivity index (χ4v) is 3.26. The molecule has 3 N–H and O–H groups in total. The summed E-state index contributed by atoms with van der Waals surface area (Å²) >= 11 is 2.03. The van der Waals surface area contributed by atoms with Crippen molar-refractivity contribution >= 4 is 17.7 Å². The van der Waals surface area contributed by atoms with Crippen LogP contribution >= 0.6 is 11.8 Å². The maximum Gasteiger partial charge on any atom is 0.188 e. The van der Waals surface area contributed by atoms with Crippen LogP contribution in [0.5, 0.6) is 0 Å². The minimum Gasteiger partial charge on any atom is -0.370 e. The molecule has 1 unspecified atom stereocenters. The van der Waals surface area contributed by atoms with Gasteiger partial charge < -0.3 is 11.1 Å². The summed E-state index contributed by atoms with van der Waals surface area (Å²) in [6.07, 6.45) is 7.65. The molecule has 1 aliphatic heterocycles. The Morgan fingerprint density at radius 3 is 2.88 bits per heavy atom. The number of guanidine groups is 1. The van der Waals surface area contributed by atoms with Crippen molar-refractivity contribution in [3.63, 3.8) is 0 Å². The van der Waals surface area contributed by atoms with Crippen LogP contribution in [0.2, 0.25) is 0 Å². The molecule has 1 saturated heterocycles. The van der Waals surface area contributed by atoms with E-state index in [4.69, 9.17) is 5.73 Å². The van der Waals surface area contributed by atoms with E-state index in [2.05, 4.69) is 24.2 Å². The first-order valence-corrected chi connectivity index (χ1v) is 7.82. The van der Waals surface area contributed by atoms with Crippen molar-refractivity contribution in [2.45, 2.75) is 57.1 Å². The van der Waals surface area contributed by atoms with E-state index in [0.717, 1.165) is 13.1 Å². The summed E-state index contributed by atoms with van der Waals surface area (Å²) in [6.45, 7) is 6.33. The van der Waals surface area contributed by atoms with Crippen LogP contribution in [-0.4, -0.2) is 29.5 Å². The van der Waals surface area contributed by atoms with Crippen LogP contribution in [0.3, 0.4) is 0 Å². The monoisotopic (exact) mass is 257 g/mol. The number of unbranched alkanes of at least 4 members (excludes halogenated alkanes) is 3. The van der Waals surface area contributed by atoms with Gasteiger partial charge >= 0.3 is 0 Å². The molecular formula is C13H27N3S. The van der Waals surface area contributed by atoms with Crippen molar-refractivity contribution in [1.29, 1.82) is 0 Å². The largest absolute Gasteiger partial charge is 0.370 e. The predicted molar refractivity (Wildman–Crippen MR) is 78.7 cm³/mol. The van der Waals surface area contributed by atoms with Gasteiger partial charge in [-0.2, -0.15) is 11.8 Å². The molecule has 0 aromatic carbocycles. The van der Waals surface area contributed by atoms with Gasteiger partial charge in [-0.25, -0.2) is 0 Å². The summed E-state index contributed by atoms with van der Waals surface area (Å²) in [5.41, 5.74) is 5.86. The van der Waals surface area contributed by atoms with Gasteiger partial charge in [0.15, 0.2) is 5.96 Å². The van der Waals surface area contributed by atoms with Gasteiger partial charge in [0, 0.05) is 11.3 Å². The minimum absolute atomic E-state index is 0.328. The molecule has 0 spiro atoms. The summed E-state index contributed by atoms with van der Waals surface area (Å²) < 4.78 is 0.328. The molecular weight excluding hydrogens is 230 g/mol. The lowest BCUT2D eigenvalue weighted by Crippen LogP contribution is -2.34. The number of nitrogens with zero attached hydrogens (tertiary/aromatic N) is 1. The van der Waals surface area contributed by atoms with Crippen LogP contribution in [0.25, 0.3) is 0 Å². The van der Waals surface area contributed by atoms with E-state index >= 15 is 0 Å². The molecule has 0 amide bonds. The lowest BCUT2D eigenvalue weighted by Gasteiger charge is -2.19. The summed E-state index contributed by atoms with van der Waals surface area (Å²) in [7, 11) is 0. The van der Waals surface area contributed by atoms with Crippen LogP contribution in [0, 0.1) is 0 Å². The number of nitrogens with two attached hydrogens (primary N) is 1. The Bertz CT molecular complexity index is 235. The number of aliphatic imine (C=N–C) groups is 1. The normalized spacial score (nSPS) is 25.2. The lowest BCUT2D eigenvalue weighted by molar-refractivity contribution is 0.614. The second-order valence-corrected chi connectivity index (χ2v) is 6.77. The zero-order valence-corrected chi connectivity index (χ0v) is 12.1.